The summed E-state index contributed by atoms with van der Waals surface area (Å²) in [7, 11) is 0. The van der Waals surface area contributed by atoms with E-state index in [1.165, 1.54) is 0 Å². The zero-order valence-electron chi connectivity index (χ0n) is 11.5. The second-order valence-electron chi connectivity index (χ2n) is 4.15. The van der Waals surface area contributed by atoms with Gasteiger partial charge in [-0.25, -0.2) is 9.97 Å². The maximum absolute atomic E-state index is 5.42. The fourth-order valence-corrected chi connectivity index (χ4v) is 1.85. The fourth-order valence-electron chi connectivity index (χ4n) is 1.85. The largest absolute Gasteiger partial charge is 0.478 e. The number of aromatic amines is 1. The lowest BCUT2D eigenvalue weighted by Gasteiger charge is -2.16. The van der Waals surface area contributed by atoms with Gasteiger partial charge in [-0.3, -0.25) is 0 Å². The summed E-state index contributed by atoms with van der Waals surface area (Å²) in [6.45, 7) is 6.47. The first-order valence-electron chi connectivity index (χ1n) is 6.47. The maximum atomic E-state index is 5.42. The third kappa shape index (κ3) is 3.43. The molecule has 0 saturated carbocycles. The van der Waals surface area contributed by atoms with Gasteiger partial charge in [0, 0.05) is 18.5 Å². The molecule has 0 saturated heterocycles. The molecule has 2 rings (SSSR count). The summed E-state index contributed by atoms with van der Waals surface area (Å²) in [5.41, 5.74) is 0. The van der Waals surface area contributed by atoms with Crippen LogP contribution in [0.5, 0.6) is 5.88 Å². The topological polar surface area (TPSA) is 75.7 Å². The van der Waals surface area contributed by atoms with Crippen LogP contribution in [0.4, 0.5) is 5.82 Å². The highest BCUT2D eigenvalue weighted by Crippen LogP contribution is 2.20. The van der Waals surface area contributed by atoms with Crippen molar-refractivity contribution >= 4 is 5.82 Å². The van der Waals surface area contributed by atoms with Gasteiger partial charge in [0.25, 0.3) is 0 Å². The summed E-state index contributed by atoms with van der Waals surface area (Å²) in [5.74, 6) is 2.92. The Morgan fingerprint density at radius 3 is 2.84 bits per heavy atom. The molecule has 0 bridgehead atoms. The Balaban J connectivity index is 2.17. The number of imidazole rings is 1. The van der Waals surface area contributed by atoms with E-state index in [-0.39, 0.29) is 6.04 Å². The lowest BCUT2D eigenvalue weighted by Crippen LogP contribution is -2.13. The first kappa shape index (κ1) is 13.3. The normalized spacial score (nSPS) is 12.2. The first-order chi connectivity index (χ1) is 9.22. The highest BCUT2D eigenvalue weighted by molar-refractivity contribution is 5.40. The Bertz CT molecular complexity index is 512. The molecule has 0 spiro atoms. The first-order valence-corrected chi connectivity index (χ1v) is 6.47. The number of H-pyrrole nitrogens is 1. The lowest BCUT2D eigenvalue weighted by atomic mass is 10.2. The van der Waals surface area contributed by atoms with Crippen LogP contribution in [0.3, 0.4) is 0 Å². The second kappa shape index (κ2) is 6.17. The molecule has 2 N–H and O–H groups in total. The van der Waals surface area contributed by atoms with Crippen molar-refractivity contribution in [3.63, 3.8) is 0 Å². The van der Waals surface area contributed by atoms with Gasteiger partial charge in [0.15, 0.2) is 0 Å². The number of aryl methyl sites for hydroxylation is 1. The third-order valence-electron chi connectivity index (χ3n) is 2.69. The van der Waals surface area contributed by atoms with E-state index in [2.05, 4.69) is 32.2 Å². The van der Waals surface area contributed by atoms with Crippen molar-refractivity contribution in [2.45, 2.75) is 33.2 Å². The Labute approximate surface area is 112 Å². The number of rotatable bonds is 6. The predicted molar refractivity (Wildman–Crippen MR) is 73.2 cm³/mol. The van der Waals surface area contributed by atoms with Crippen molar-refractivity contribution in [3.8, 4) is 5.88 Å². The quantitative estimate of drug-likeness (QED) is 0.835. The van der Waals surface area contributed by atoms with Gasteiger partial charge < -0.3 is 15.0 Å². The molecule has 1 atom stereocenters. The lowest BCUT2D eigenvalue weighted by molar-refractivity contribution is 0.325. The minimum atomic E-state index is 0.0961. The van der Waals surface area contributed by atoms with Crippen molar-refractivity contribution < 1.29 is 4.74 Å². The Morgan fingerprint density at radius 1 is 1.37 bits per heavy atom. The van der Waals surface area contributed by atoms with E-state index in [1.54, 1.807) is 6.20 Å². The standard InChI is InChI=1S/C13H19N5O/c1-4-10(13-14-6-7-15-13)18-11-8-12(19-5-2)17-9(3)16-11/h6-8,10H,4-5H2,1-3H3,(H,14,15)(H,16,17,18). The van der Waals surface area contributed by atoms with Crippen LogP contribution in [0.25, 0.3) is 0 Å². The summed E-state index contributed by atoms with van der Waals surface area (Å²) in [4.78, 5) is 16.0. The number of nitrogens with one attached hydrogen (secondary N) is 2. The van der Waals surface area contributed by atoms with E-state index in [4.69, 9.17) is 4.74 Å². The van der Waals surface area contributed by atoms with Crippen LogP contribution < -0.4 is 10.1 Å². The summed E-state index contributed by atoms with van der Waals surface area (Å²) >= 11 is 0. The van der Waals surface area contributed by atoms with Gasteiger partial charge in [0.05, 0.1) is 12.6 Å². The van der Waals surface area contributed by atoms with Gasteiger partial charge in [0.2, 0.25) is 5.88 Å². The maximum Gasteiger partial charge on any atom is 0.218 e. The van der Waals surface area contributed by atoms with Crippen LogP contribution in [0.15, 0.2) is 18.5 Å². The fraction of sp³-hybridized carbons (Fsp3) is 0.462. The number of nitrogens with zero attached hydrogens (tertiary/aromatic N) is 3. The molecular weight excluding hydrogens is 242 g/mol. The highest BCUT2D eigenvalue weighted by Gasteiger charge is 2.13. The van der Waals surface area contributed by atoms with E-state index in [0.29, 0.717) is 18.3 Å². The number of aromatic nitrogens is 4. The molecule has 6 nitrogen and oxygen atoms in total. The molecule has 1 unspecified atom stereocenters. The Morgan fingerprint density at radius 2 is 2.21 bits per heavy atom. The van der Waals surface area contributed by atoms with Crippen molar-refractivity contribution in [2.75, 3.05) is 11.9 Å². The van der Waals surface area contributed by atoms with Crippen molar-refractivity contribution in [1.29, 1.82) is 0 Å². The van der Waals surface area contributed by atoms with Crippen molar-refractivity contribution in [2.24, 2.45) is 0 Å². The summed E-state index contributed by atoms with van der Waals surface area (Å²) in [6.07, 6.45) is 4.47. The van der Waals surface area contributed by atoms with Crippen LogP contribution in [0.1, 0.15) is 38.0 Å². The molecule has 6 heteroatoms. The molecular formula is C13H19N5O. The van der Waals surface area contributed by atoms with Crippen LogP contribution >= 0.6 is 0 Å². The van der Waals surface area contributed by atoms with Gasteiger partial charge >= 0.3 is 0 Å². The molecule has 2 aromatic rings. The number of hydrogen-bond acceptors (Lipinski definition) is 5. The van der Waals surface area contributed by atoms with Crippen LogP contribution in [-0.4, -0.2) is 26.5 Å². The molecule has 0 aromatic carbocycles. The smallest absolute Gasteiger partial charge is 0.218 e. The van der Waals surface area contributed by atoms with Crippen molar-refractivity contribution in [1.82, 2.24) is 19.9 Å². The summed E-state index contributed by atoms with van der Waals surface area (Å²) in [5, 5.41) is 3.35. The summed E-state index contributed by atoms with van der Waals surface area (Å²) in [6, 6.07) is 1.90. The Kier molecular flexibility index (Phi) is 4.33. The molecule has 0 radical (unpaired) electrons. The van der Waals surface area contributed by atoms with Crippen LogP contribution in [0.2, 0.25) is 0 Å². The number of ether oxygens (including phenoxy) is 1. The zero-order valence-corrected chi connectivity index (χ0v) is 11.5. The van der Waals surface area contributed by atoms with Gasteiger partial charge in [-0.05, 0) is 20.3 Å². The third-order valence-corrected chi connectivity index (χ3v) is 2.69. The van der Waals surface area contributed by atoms with E-state index in [9.17, 15) is 0 Å². The molecule has 0 aliphatic carbocycles. The second-order valence-corrected chi connectivity index (χ2v) is 4.15. The molecule has 0 aliphatic rings. The molecule has 0 amide bonds. The van der Waals surface area contributed by atoms with Gasteiger partial charge in [-0.15, -0.1) is 0 Å². The van der Waals surface area contributed by atoms with E-state index in [0.717, 1.165) is 18.1 Å². The molecule has 19 heavy (non-hydrogen) atoms. The average molecular weight is 261 g/mol. The van der Waals surface area contributed by atoms with Gasteiger partial charge in [0.1, 0.15) is 17.5 Å². The SMILES string of the molecule is CCOc1cc(NC(CC)c2ncc[nH]2)nc(C)n1. The molecule has 2 aromatic heterocycles. The van der Waals surface area contributed by atoms with Crippen LogP contribution in [0, 0.1) is 6.92 Å². The molecule has 2 heterocycles. The average Bonchev–Trinajstić information content (AvgIpc) is 2.89. The molecule has 0 fully saturated rings. The summed E-state index contributed by atoms with van der Waals surface area (Å²) < 4.78 is 5.42. The Hall–Kier alpha value is -2.11. The highest BCUT2D eigenvalue weighted by atomic mass is 16.5. The van der Waals surface area contributed by atoms with Crippen LogP contribution in [-0.2, 0) is 0 Å². The number of anilines is 1. The van der Waals surface area contributed by atoms with E-state index < -0.39 is 0 Å². The van der Waals surface area contributed by atoms with Crippen molar-refractivity contribution in [3.05, 3.63) is 30.1 Å². The molecule has 102 valence electrons. The molecule has 0 aliphatic heterocycles. The van der Waals surface area contributed by atoms with E-state index in [1.807, 2.05) is 26.1 Å². The van der Waals surface area contributed by atoms with Gasteiger partial charge in [-0.1, -0.05) is 6.92 Å². The van der Waals surface area contributed by atoms with E-state index >= 15 is 0 Å². The zero-order chi connectivity index (χ0) is 13.7. The van der Waals surface area contributed by atoms with Gasteiger partial charge in [-0.2, -0.15) is 4.98 Å². The minimum absolute atomic E-state index is 0.0961. The predicted octanol–water partition coefficient (Wildman–Crippen LogP) is 2.47. The monoisotopic (exact) mass is 261 g/mol. The number of hydrogen-bond donors (Lipinski definition) is 2. The minimum Gasteiger partial charge on any atom is -0.478 e.